The number of aryl methyl sites for hydroxylation is 1. The number of hydrogen-bond donors (Lipinski definition) is 0. The lowest BCUT2D eigenvalue weighted by atomic mass is 10.5. The molecule has 4 heteroatoms. The number of rotatable bonds is 1. The third-order valence-electron chi connectivity index (χ3n) is 1.51. The molecule has 2 nitrogen and oxygen atoms in total. The number of hydrogen-bond acceptors (Lipinski definition) is 2. The highest BCUT2D eigenvalue weighted by atomic mass is 79.9. The van der Waals surface area contributed by atoms with E-state index in [-0.39, 0.29) is 0 Å². The molecule has 0 saturated heterocycles. The second-order valence-corrected chi connectivity index (χ2v) is 4.92. The highest BCUT2D eigenvalue weighted by Crippen LogP contribution is 2.24. The van der Waals surface area contributed by atoms with Crippen LogP contribution in [0.4, 0.5) is 0 Å². The molecule has 0 bridgehead atoms. The van der Waals surface area contributed by atoms with Crippen LogP contribution in [0.5, 0.6) is 0 Å². The van der Waals surface area contributed by atoms with Crippen LogP contribution in [0.2, 0.25) is 0 Å². The van der Waals surface area contributed by atoms with Crippen molar-refractivity contribution in [2.75, 3.05) is 0 Å². The van der Waals surface area contributed by atoms with Gasteiger partial charge in [0.15, 0.2) is 0 Å². The molecule has 0 aliphatic rings. The van der Waals surface area contributed by atoms with E-state index in [0.717, 1.165) is 14.5 Å². The normalized spacial score (nSPS) is 10.5. The first kappa shape index (κ1) is 8.01. The molecule has 0 aliphatic carbocycles. The SMILES string of the molecule is Cc1ccn(-c2ccc(Br)s2)n1. The molecular weight excluding hydrogens is 236 g/mol. The average molecular weight is 243 g/mol. The van der Waals surface area contributed by atoms with E-state index in [4.69, 9.17) is 0 Å². The molecule has 2 heterocycles. The van der Waals surface area contributed by atoms with Gasteiger partial charge >= 0.3 is 0 Å². The van der Waals surface area contributed by atoms with Gasteiger partial charge in [-0.2, -0.15) is 5.10 Å². The average Bonchev–Trinajstić information content (AvgIpc) is 2.58. The van der Waals surface area contributed by atoms with Crippen molar-refractivity contribution in [3.63, 3.8) is 0 Å². The molecule has 2 aromatic heterocycles. The van der Waals surface area contributed by atoms with Crippen LogP contribution in [0.15, 0.2) is 28.2 Å². The molecule has 0 radical (unpaired) electrons. The van der Waals surface area contributed by atoms with Gasteiger partial charge in [0.05, 0.1) is 9.48 Å². The topological polar surface area (TPSA) is 17.8 Å². The second kappa shape index (κ2) is 3.03. The summed E-state index contributed by atoms with van der Waals surface area (Å²) in [6.07, 6.45) is 1.97. The van der Waals surface area contributed by atoms with Crippen LogP contribution < -0.4 is 0 Å². The standard InChI is InChI=1S/C8H7BrN2S/c1-6-4-5-11(10-6)8-3-2-7(9)12-8/h2-5H,1H3. The third kappa shape index (κ3) is 1.44. The third-order valence-corrected chi connectivity index (χ3v) is 3.12. The predicted octanol–water partition coefficient (Wildman–Crippen LogP) is 3.00. The lowest BCUT2D eigenvalue weighted by Gasteiger charge is -1.92. The summed E-state index contributed by atoms with van der Waals surface area (Å²) < 4.78 is 3.01. The van der Waals surface area contributed by atoms with Gasteiger partial charge in [0.1, 0.15) is 5.00 Å². The van der Waals surface area contributed by atoms with Crippen LogP contribution in [-0.2, 0) is 0 Å². The van der Waals surface area contributed by atoms with Gasteiger partial charge in [0.25, 0.3) is 0 Å². The van der Waals surface area contributed by atoms with E-state index in [1.165, 1.54) is 0 Å². The van der Waals surface area contributed by atoms with E-state index in [9.17, 15) is 0 Å². The lowest BCUT2D eigenvalue weighted by Crippen LogP contribution is -1.90. The monoisotopic (exact) mass is 242 g/mol. The van der Waals surface area contributed by atoms with Crippen molar-refractivity contribution in [1.29, 1.82) is 0 Å². The molecule has 2 rings (SSSR count). The van der Waals surface area contributed by atoms with Gasteiger partial charge in [-0.25, -0.2) is 4.68 Å². The molecular formula is C8H7BrN2S. The Morgan fingerprint density at radius 1 is 1.42 bits per heavy atom. The second-order valence-electron chi connectivity index (χ2n) is 2.48. The van der Waals surface area contributed by atoms with Crippen LogP contribution >= 0.6 is 27.3 Å². The van der Waals surface area contributed by atoms with Crippen LogP contribution in [0.25, 0.3) is 5.00 Å². The van der Waals surface area contributed by atoms with Crippen LogP contribution in [0.1, 0.15) is 5.69 Å². The molecule has 2 aromatic rings. The van der Waals surface area contributed by atoms with Crippen molar-refractivity contribution >= 4 is 27.3 Å². The zero-order valence-electron chi connectivity index (χ0n) is 6.49. The molecule has 0 atom stereocenters. The van der Waals surface area contributed by atoms with Gasteiger partial charge in [-0.1, -0.05) is 0 Å². The van der Waals surface area contributed by atoms with Crippen molar-refractivity contribution in [2.45, 2.75) is 6.92 Å². The summed E-state index contributed by atoms with van der Waals surface area (Å²) in [7, 11) is 0. The van der Waals surface area contributed by atoms with Gasteiger partial charge in [-0.3, -0.25) is 0 Å². The predicted molar refractivity (Wildman–Crippen MR) is 53.9 cm³/mol. The van der Waals surface area contributed by atoms with E-state index >= 15 is 0 Å². The number of halogens is 1. The maximum atomic E-state index is 4.30. The summed E-state index contributed by atoms with van der Waals surface area (Å²) in [5, 5.41) is 5.43. The maximum absolute atomic E-state index is 4.30. The van der Waals surface area contributed by atoms with Crippen molar-refractivity contribution in [3.8, 4) is 5.00 Å². The van der Waals surface area contributed by atoms with Gasteiger partial charge < -0.3 is 0 Å². The lowest BCUT2D eigenvalue weighted by molar-refractivity contribution is 0.878. The smallest absolute Gasteiger partial charge is 0.118 e. The Morgan fingerprint density at radius 3 is 2.75 bits per heavy atom. The highest BCUT2D eigenvalue weighted by Gasteiger charge is 2.00. The molecule has 0 aliphatic heterocycles. The zero-order chi connectivity index (χ0) is 8.55. The minimum Gasteiger partial charge on any atom is -0.231 e. The van der Waals surface area contributed by atoms with Crippen LogP contribution in [0, 0.1) is 6.92 Å². The Kier molecular flexibility index (Phi) is 2.02. The molecule has 0 N–H and O–H groups in total. The van der Waals surface area contributed by atoms with Crippen molar-refractivity contribution < 1.29 is 0 Å². The summed E-state index contributed by atoms with van der Waals surface area (Å²) in [4.78, 5) is 0. The van der Waals surface area contributed by atoms with Crippen molar-refractivity contribution in [2.24, 2.45) is 0 Å². The van der Waals surface area contributed by atoms with Crippen LogP contribution in [-0.4, -0.2) is 9.78 Å². The minimum atomic E-state index is 1.04. The molecule has 0 spiro atoms. The fraction of sp³-hybridized carbons (Fsp3) is 0.125. The summed E-state index contributed by atoms with van der Waals surface area (Å²) in [6, 6.07) is 6.06. The Labute approximate surface area is 83.0 Å². The Balaban J connectivity index is 2.43. The van der Waals surface area contributed by atoms with Gasteiger partial charge in [0.2, 0.25) is 0 Å². The molecule has 0 amide bonds. The quantitative estimate of drug-likeness (QED) is 0.752. The first-order valence-corrected chi connectivity index (χ1v) is 5.14. The van der Waals surface area contributed by atoms with Crippen molar-refractivity contribution in [1.82, 2.24) is 9.78 Å². The highest BCUT2D eigenvalue weighted by molar-refractivity contribution is 9.11. The van der Waals surface area contributed by atoms with E-state index in [1.54, 1.807) is 11.3 Å². The first-order valence-electron chi connectivity index (χ1n) is 3.54. The van der Waals surface area contributed by atoms with Gasteiger partial charge in [0, 0.05) is 6.20 Å². The van der Waals surface area contributed by atoms with E-state index in [0.29, 0.717) is 0 Å². The Hall–Kier alpha value is -0.610. The fourth-order valence-corrected chi connectivity index (χ4v) is 2.26. The van der Waals surface area contributed by atoms with Crippen LogP contribution in [0.3, 0.4) is 0 Å². The zero-order valence-corrected chi connectivity index (χ0v) is 8.89. The summed E-state index contributed by atoms with van der Waals surface area (Å²) in [6.45, 7) is 1.99. The Morgan fingerprint density at radius 2 is 2.25 bits per heavy atom. The fourth-order valence-electron chi connectivity index (χ4n) is 0.966. The summed E-state index contributed by atoms with van der Waals surface area (Å²) in [5.41, 5.74) is 1.04. The molecule has 0 aromatic carbocycles. The largest absolute Gasteiger partial charge is 0.231 e. The number of aromatic nitrogens is 2. The maximum Gasteiger partial charge on any atom is 0.118 e. The van der Waals surface area contributed by atoms with Gasteiger partial charge in [-0.05, 0) is 41.1 Å². The van der Waals surface area contributed by atoms with E-state index < -0.39 is 0 Å². The van der Waals surface area contributed by atoms with Crippen molar-refractivity contribution in [3.05, 3.63) is 33.9 Å². The number of thiophene rings is 1. The van der Waals surface area contributed by atoms with Gasteiger partial charge in [-0.15, -0.1) is 11.3 Å². The molecule has 62 valence electrons. The molecule has 0 fully saturated rings. The number of nitrogens with zero attached hydrogens (tertiary/aromatic N) is 2. The molecule has 0 saturated carbocycles. The minimum absolute atomic E-state index is 1.04. The molecule has 12 heavy (non-hydrogen) atoms. The Bertz CT molecular complexity index is 353. The summed E-state index contributed by atoms with van der Waals surface area (Å²) >= 11 is 5.08. The van der Waals surface area contributed by atoms with E-state index in [2.05, 4.69) is 21.0 Å². The van der Waals surface area contributed by atoms with E-state index in [1.807, 2.05) is 36.0 Å². The summed E-state index contributed by atoms with van der Waals surface area (Å²) in [5.74, 6) is 0. The first-order chi connectivity index (χ1) is 5.75. The molecule has 0 unspecified atom stereocenters.